The van der Waals surface area contributed by atoms with E-state index in [4.69, 9.17) is 5.73 Å². The van der Waals surface area contributed by atoms with Crippen LogP contribution in [0, 0.1) is 0 Å². The van der Waals surface area contributed by atoms with E-state index in [2.05, 4.69) is 40.7 Å². The van der Waals surface area contributed by atoms with Crippen molar-refractivity contribution in [2.24, 2.45) is 5.73 Å². The lowest BCUT2D eigenvalue weighted by atomic mass is 9.90. The van der Waals surface area contributed by atoms with Gasteiger partial charge in [0.1, 0.15) is 17.0 Å². The molecule has 2 aromatic rings. The van der Waals surface area contributed by atoms with Gasteiger partial charge in [0, 0.05) is 22.7 Å². The van der Waals surface area contributed by atoms with Gasteiger partial charge in [-0.15, -0.1) is 11.3 Å². The van der Waals surface area contributed by atoms with Crippen LogP contribution in [0.2, 0.25) is 0 Å². The smallest absolute Gasteiger partial charge is 0.138 e. The van der Waals surface area contributed by atoms with Crippen LogP contribution in [0.15, 0.2) is 18.6 Å². The Hall–Kier alpha value is -1.70. The standard InChI is InChI=1S/C23H35N5OS/c1-4-11-28(3)17-8-6-16(7-9-17)27-22-21-20-15(12-18(29)14(2)24)5-10-19(20)30-23(21)26-13-25-22/h13,15-18,29H,2,4-12,24H2,1,3H3,(H,25,26,27)/t15-,16?,17?,18?/m1/s1. The zero-order valence-corrected chi connectivity index (χ0v) is 19.0. The molecule has 1 unspecified atom stereocenters. The molecule has 4 rings (SSSR count). The first kappa shape index (κ1) is 21.5. The van der Waals surface area contributed by atoms with Crippen molar-refractivity contribution in [1.82, 2.24) is 14.9 Å². The van der Waals surface area contributed by atoms with E-state index in [0.29, 0.717) is 24.2 Å². The van der Waals surface area contributed by atoms with Gasteiger partial charge in [-0.25, -0.2) is 9.97 Å². The van der Waals surface area contributed by atoms with Gasteiger partial charge in [-0.2, -0.15) is 0 Å². The molecule has 2 aliphatic carbocycles. The van der Waals surface area contributed by atoms with Gasteiger partial charge >= 0.3 is 0 Å². The molecule has 7 heteroatoms. The first-order chi connectivity index (χ1) is 14.5. The number of aromatic nitrogens is 2. The summed E-state index contributed by atoms with van der Waals surface area (Å²) in [5, 5.41) is 15.2. The Labute approximate surface area is 183 Å². The van der Waals surface area contributed by atoms with Crippen LogP contribution in [0.25, 0.3) is 10.2 Å². The molecule has 164 valence electrons. The number of hydrogen-bond donors (Lipinski definition) is 3. The molecule has 4 N–H and O–H groups in total. The molecule has 0 radical (unpaired) electrons. The molecule has 6 nitrogen and oxygen atoms in total. The average molecular weight is 430 g/mol. The molecule has 0 aliphatic heterocycles. The zero-order valence-electron chi connectivity index (χ0n) is 18.2. The van der Waals surface area contributed by atoms with E-state index in [-0.39, 0.29) is 5.92 Å². The second kappa shape index (κ2) is 9.20. The van der Waals surface area contributed by atoms with Gasteiger partial charge < -0.3 is 21.1 Å². The lowest BCUT2D eigenvalue weighted by Crippen LogP contribution is -2.38. The van der Waals surface area contributed by atoms with Crippen molar-refractivity contribution in [3.8, 4) is 0 Å². The third-order valence-corrected chi connectivity index (χ3v) is 8.08. The second-order valence-corrected chi connectivity index (χ2v) is 10.1. The second-order valence-electron chi connectivity index (χ2n) is 9.03. The quantitative estimate of drug-likeness (QED) is 0.588. The van der Waals surface area contributed by atoms with E-state index in [0.717, 1.165) is 23.5 Å². The molecule has 2 aliphatic rings. The number of aliphatic hydroxyl groups is 1. The van der Waals surface area contributed by atoms with Gasteiger partial charge in [0.25, 0.3) is 0 Å². The molecule has 0 amide bonds. The SMILES string of the molecule is C=C(N)C(O)C[C@H]1CCc2sc3ncnc(NC4CCC(N(C)CCC)CC4)c3c21. The molecule has 30 heavy (non-hydrogen) atoms. The number of aliphatic hydroxyl groups excluding tert-OH is 1. The summed E-state index contributed by atoms with van der Waals surface area (Å²) < 4.78 is 0. The normalized spacial score (nSPS) is 24.9. The molecule has 2 atom stereocenters. The van der Waals surface area contributed by atoms with Crippen molar-refractivity contribution in [3.05, 3.63) is 29.0 Å². The van der Waals surface area contributed by atoms with E-state index in [1.54, 1.807) is 17.7 Å². The van der Waals surface area contributed by atoms with Crippen LogP contribution < -0.4 is 11.1 Å². The van der Waals surface area contributed by atoms with Gasteiger partial charge in [0.15, 0.2) is 0 Å². The largest absolute Gasteiger partial charge is 0.400 e. The summed E-state index contributed by atoms with van der Waals surface area (Å²) in [7, 11) is 2.26. The summed E-state index contributed by atoms with van der Waals surface area (Å²) in [6.07, 6.45) is 9.76. The molecular weight excluding hydrogens is 394 g/mol. The number of nitrogens with zero attached hydrogens (tertiary/aromatic N) is 3. The van der Waals surface area contributed by atoms with Crippen LogP contribution in [0.4, 0.5) is 5.82 Å². The maximum absolute atomic E-state index is 10.3. The van der Waals surface area contributed by atoms with Gasteiger partial charge in [-0.1, -0.05) is 13.5 Å². The summed E-state index contributed by atoms with van der Waals surface area (Å²) in [6, 6.07) is 1.16. The lowest BCUT2D eigenvalue weighted by molar-refractivity contribution is 0.186. The van der Waals surface area contributed by atoms with E-state index in [9.17, 15) is 5.11 Å². The summed E-state index contributed by atoms with van der Waals surface area (Å²) >= 11 is 1.78. The predicted octanol–water partition coefficient (Wildman–Crippen LogP) is 4.01. The number of nitrogens with one attached hydrogen (secondary N) is 1. The van der Waals surface area contributed by atoms with Crippen molar-refractivity contribution in [1.29, 1.82) is 0 Å². The molecule has 1 saturated carbocycles. The Morgan fingerprint density at radius 2 is 2.10 bits per heavy atom. The average Bonchev–Trinajstić information content (AvgIpc) is 3.28. The highest BCUT2D eigenvalue weighted by molar-refractivity contribution is 7.19. The van der Waals surface area contributed by atoms with Crippen LogP contribution in [0.5, 0.6) is 0 Å². The first-order valence-electron chi connectivity index (χ1n) is 11.3. The van der Waals surface area contributed by atoms with Crippen molar-refractivity contribution in [3.63, 3.8) is 0 Å². The summed E-state index contributed by atoms with van der Waals surface area (Å²) in [6.45, 7) is 7.15. The molecule has 2 aromatic heterocycles. The monoisotopic (exact) mass is 429 g/mol. The van der Waals surface area contributed by atoms with Crippen molar-refractivity contribution >= 4 is 27.4 Å². The van der Waals surface area contributed by atoms with Gasteiger partial charge in [-0.3, -0.25) is 0 Å². The number of hydrogen-bond acceptors (Lipinski definition) is 7. The molecule has 0 aromatic carbocycles. The van der Waals surface area contributed by atoms with Crippen LogP contribution >= 0.6 is 11.3 Å². The molecular formula is C23H35N5OS. The fourth-order valence-corrected chi connectivity index (χ4v) is 6.46. The maximum atomic E-state index is 10.3. The van der Waals surface area contributed by atoms with Crippen molar-refractivity contribution < 1.29 is 5.11 Å². The predicted molar refractivity (Wildman–Crippen MR) is 125 cm³/mol. The van der Waals surface area contributed by atoms with Crippen LogP contribution in [-0.2, 0) is 6.42 Å². The lowest BCUT2D eigenvalue weighted by Gasteiger charge is -2.35. The summed E-state index contributed by atoms with van der Waals surface area (Å²) in [4.78, 5) is 14.2. The topological polar surface area (TPSA) is 87.3 Å². The maximum Gasteiger partial charge on any atom is 0.138 e. The fourth-order valence-electron chi connectivity index (χ4n) is 5.22. The number of nitrogens with two attached hydrogens (primary N) is 1. The highest BCUT2D eigenvalue weighted by Crippen LogP contribution is 2.47. The molecule has 1 fully saturated rings. The number of aryl methyl sites for hydroxylation is 1. The fraction of sp³-hybridized carbons (Fsp3) is 0.652. The van der Waals surface area contributed by atoms with Gasteiger partial charge in [0.05, 0.1) is 11.5 Å². The number of rotatable bonds is 8. The highest BCUT2D eigenvalue weighted by atomic mass is 32.1. The number of fused-ring (bicyclic) bond motifs is 3. The molecule has 0 bridgehead atoms. The van der Waals surface area contributed by atoms with E-state index >= 15 is 0 Å². The van der Waals surface area contributed by atoms with E-state index in [1.165, 1.54) is 54.5 Å². The molecule has 0 saturated heterocycles. The number of thiophene rings is 1. The minimum absolute atomic E-state index is 0.286. The Morgan fingerprint density at radius 3 is 2.80 bits per heavy atom. The van der Waals surface area contributed by atoms with Crippen LogP contribution in [0.3, 0.4) is 0 Å². The van der Waals surface area contributed by atoms with Gasteiger partial charge in [-0.05, 0) is 76.4 Å². The zero-order chi connectivity index (χ0) is 21.3. The minimum atomic E-state index is -0.660. The minimum Gasteiger partial charge on any atom is -0.400 e. The van der Waals surface area contributed by atoms with Gasteiger partial charge in [0.2, 0.25) is 0 Å². The van der Waals surface area contributed by atoms with Crippen molar-refractivity contribution in [2.45, 2.75) is 82.4 Å². The third-order valence-electron chi connectivity index (χ3n) is 6.90. The van der Waals surface area contributed by atoms with Crippen LogP contribution in [-0.4, -0.2) is 51.8 Å². The summed E-state index contributed by atoms with van der Waals surface area (Å²) in [5.74, 6) is 1.25. The first-order valence-corrected chi connectivity index (χ1v) is 12.1. The van der Waals surface area contributed by atoms with Crippen molar-refractivity contribution in [2.75, 3.05) is 18.9 Å². The molecule has 2 heterocycles. The Morgan fingerprint density at radius 1 is 1.33 bits per heavy atom. The Balaban J connectivity index is 1.51. The highest BCUT2D eigenvalue weighted by Gasteiger charge is 2.32. The van der Waals surface area contributed by atoms with E-state index < -0.39 is 6.10 Å². The van der Waals surface area contributed by atoms with Crippen LogP contribution in [0.1, 0.15) is 68.2 Å². The summed E-state index contributed by atoms with van der Waals surface area (Å²) in [5.41, 5.74) is 7.42. The Bertz CT molecular complexity index is 889. The number of anilines is 1. The molecule has 0 spiro atoms. The van der Waals surface area contributed by atoms with E-state index in [1.807, 2.05) is 0 Å². The Kier molecular flexibility index (Phi) is 6.60. The third kappa shape index (κ3) is 4.34.